The second kappa shape index (κ2) is 6.63. The molecule has 1 saturated heterocycles. The van der Waals surface area contributed by atoms with E-state index in [1.807, 2.05) is 6.92 Å². The quantitative estimate of drug-likeness (QED) is 0.818. The maximum Gasteiger partial charge on any atom is 0.305 e. The summed E-state index contributed by atoms with van der Waals surface area (Å²) in [6.45, 7) is 4.77. The number of aliphatic carboxylic acids is 1. The number of carboxylic acid groups (broad SMARTS) is 1. The van der Waals surface area contributed by atoms with Gasteiger partial charge in [-0.3, -0.25) is 9.69 Å². The molecule has 1 N–H and O–H groups in total. The summed E-state index contributed by atoms with van der Waals surface area (Å²) in [5, 5.41) is 16.2. The Morgan fingerprint density at radius 1 is 1.47 bits per heavy atom. The van der Waals surface area contributed by atoms with Gasteiger partial charge in [0, 0.05) is 19.6 Å². The lowest BCUT2D eigenvalue weighted by atomic mass is 10.1. The maximum atomic E-state index is 10.4. The first-order valence-corrected chi connectivity index (χ1v) is 6.49. The van der Waals surface area contributed by atoms with E-state index >= 15 is 0 Å². The second-order valence-electron chi connectivity index (χ2n) is 4.79. The van der Waals surface area contributed by atoms with E-state index in [9.17, 15) is 4.79 Å². The Hall–Kier alpha value is -1.47. The first-order chi connectivity index (χ1) is 9.15. The highest BCUT2D eigenvalue weighted by molar-refractivity contribution is 5.66. The van der Waals surface area contributed by atoms with Gasteiger partial charge in [0.2, 0.25) is 0 Å². The Morgan fingerprint density at radius 2 is 2.21 bits per heavy atom. The Balaban J connectivity index is 1.68. The van der Waals surface area contributed by atoms with Gasteiger partial charge in [0.15, 0.2) is 0 Å². The van der Waals surface area contributed by atoms with Gasteiger partial charge < -0.3 is 9.84 Å². The largest absolute Gasteiger partial charge is 0.481 e. The molecule has 1 aromatic heterocycles. The molecule has 0 aromatic carbocycles. The number of ether oxygens (including phenoxy) is 1. The summed E-state index contributed by atoms with van der Waals surface area (Å²) < 4.78 is 10.2. The van der Waals surface area contributed by atoms with E-state index in [0.717, 1.165) is 43.9 Å². The zero-order chi connectivity index (χ0) is 13.7. The molecule has 0 bridgehead atoms. The average molecular weight is 269 g/mol. The molecule has 1 aromatic rings. The van der Waals surface area contributed by atoms with Crippen LogP contribution in [0, 0.1) is 6.92 Å². The summed E-state index contributed by atoms with van der Waals surface area (Å²) in [5.74, 6) is -0.813. The van der Waals surface area contributed by atoms with Crippen LogP contribution in [0.1, 0.15) is 30.7 Å². The number of aromatic nitrogens is 2. The number of carbonyl (C=O) groups is 1. The van der Waals surface area contributed by atoms with Gasteiger partial charge in [-0.15, -0.1) is 0 Å². The monoisotopic (exact) mass is 269 g/mol. The van der Waals surface area contributed by atoms with Gasteiger partial charge in [-0.1, -0.05) is 10.3 Å². The molecule has 0 spiro atoms. The van der Waals surface area contributed by atoms with E-state index in [2.05, 4.69) is 19.8 Å². The SMILES string of the molecule is Cc1nonc1CN1CCC(OCCC(=O)O)CC1. The van der Waals surface area contributed by atoms with Crippen molar-refractivity contribution < 1.29 is 19.3 Å². The zero-order valence-electron chi connectivity index (χ0n) is 11.0. The molecule has 0 atom stereocenters. The fourth-order valence-electron chi connectivity index (χ4n) is 2.15. The van der Waals surface area contributed by atoms with Crippen LogP contribution in [-0.2, 0) is 16.1 Å². The molecule has 106 valence electrons. The average Bonchev–Trinajstić information content (AvgIpc) is 2.77. The van der Waals surface area contributed by atoms with Crippen LogP contribution in [0.4, 0.5) is 0 Å². The number of aryl methyl sites for hydroxylation is 1. The number of rotatable bonds is 6. The van der Waals surface area contributed by atoms with Crippen molar-refractivity contribution in [3.63, 3.8) is 0 Å². The van der Waals surface area contributed by atoms with Crippen molar-refractivity contribution in [2.45, 2.75) is 38.8 Å². The Morgan fingerprint density at radius 3 is 2.79 bits per heavy atom. The number of likely N-dealkylation sites (tertiary alicyclic amines) is 1. The Bertz CT molecular complexity index is 413. The van der Waals surface area contributed by atoms with Crippen molar-refractivity contribution in [1.29, 1.82) is 0 Å². The third kappa shape index (κ3) is 4.29. The predicted octanol–water partition coefficient (Wildman–Crippen LogP) is 0.834. The number of nitrogens with zero attached hydrogens (tertiary/aromatic N) is 3. The highest BCUT2D eigenvalue weighted by Gasteiger charge is 2.21. The van der Waals surface area contributed by atoms with Crippen molar-refractivity contribution in [3.8, 4) is 0 Å². The van der Waals surface area contributed by atoms with Crippen LogP contribution in [0.15, 0.2) is 4.63 Å². The number of carboxylic acids is 1. The molecule has 0 radical (unpaired) electrons. The van der Waals surface area contributed by atoms with E-state index < -0.39 is 5.97 Å². The lowest BCUT2D eigenvalue weighted by molar-refractivity contribution is -0.138. The van der Waals surface area contributed by atoms with Crippen molar-refractivity contribution in [3.05, 3.63) is 11.4 Å². The first kappa shape index (κ1) is 14.0. The van der Waals surface area contributed by atoms with Gasteiger partial charge >= 0.3 is 5.97 Å². The van der Waals surface area contributed by atoms with E-state index in [0.29, 0.717) is 6.61 Å². The Labute approximate surface area is 111 Å². The van der Waals surface area contributed by atoms with Gasteiger partial charge in [-0.05, 0) is 19.8 Å². The van der Waals surface area contributed by atoms with Crippen LogP contribution in [-0.4, -0.2) is 52.1 Å². The van der Waals surface area contributed by atoms with Crippen LogP contribution in [0.3, 0.4) is 0 Å². The van der Waals surface area contributed by atoms with Crippen LogP contribution in [0.5, 0.6) is 0 Å². The van der Waals surface area contributed by atoms with Crippen LogP contribution in [0.25, 0.3) is 0 Å². The van der Waals surface area contributed by atoms with Gasteiger partial charge in [0.1, 0.15) is 11.4 Å². The summed E-state index contributed by atoms with van der Waals surface area (Å²) in [7, 11) is 0. The second-order valence-corrected chi connectivity index (χ2v) is 4.79. The molecule has 1 aliphatic heterocycles. The molecule has 1 fully saturated rings. The standard InChI is InChI=1S/C12H19N3O4/c1-9-11(14-19-13-9)8-15-5-2-10(3-6-15)18-7-4-12(16)17/h10H,2-8H2,1H3,(H,16,17). The van der Waals surface area contributed by atoms with E-state index in [-0.39, 0.29) is 12.5 Å². The van der Waals surface area contributed by atoms with Crippen LogP contribution < -0.4 is 0 Å². The lowest BCUT2D eigenvalue weighted by Crippen LogP contribution is -2.37. The summed E-state index contributed by atoms with van der Waals surface area (Å²) >= 11 is 0. The molecular weight excluding hydrogens is 250 g/mol. The van der Waals surface area contributed by atoms with Gasteiger partial charge in [-0.2, -0.15) is 0 Å². The highest BCUT2D eigenvalue weighted by atomic mass is 16.6. The van der Waals surface area contributed by atoms with E-state index in [1.54, 1.807) is 0 Å². The third-order valence-electron chi connectivity index (χ3n) is 3.32. The summed E-state index contributed by atoms with van der Waals surface area (Å²) in [6, 6.07) is 0. The van der Waals surface area contributed by atoms with Gasteiger partial charge in [-0.25, -0.2) is 4.63 Å². The van der Waals surface area contributed by atoms with Crippen molar-refractivity contribution >= 4 is 5.97 Å². The minimum absolute atomic E-state index is 0.0734. The fourth-order valence-corrected chi connectivity index (χ4v) is 2.15. The van der Waals surface area contributed by atoms with E-state index in [1.165, 1.54) is 0 Å². The molecule has 7 heteroatoms. The molecule has 1 aliphatic rings. The topological polar surface area (TPSA) is 88.7 Å². The van der Waals surface area contributed by atoms with Crippen molar-refractivity contribution in [2.24, 2.45) is 0 Å². The summed E-state index contributed by atoms with van der Waals surface area (Å²) in [6.07, 6.45) is 2.09. The molecule has 0 unspecified atom stereocenters. The maximum absolute atomic E-state index is 10.4. The molecule has 0 aliphatic carbocycles. The Kier molecular flexibility index (Phi) is 4.86. The highest BCUT2D eigenvalue weighted by Crippen LogP contribution is 2.16. The number of piperidine rings is 1. The first-order valence-electron chi connectivity index (χ1n) is 6.49. The lowest BCUT2D eigenvalue weighted by Gasteiger charge is -2.31. The van der Waals surface area contributed by atoms with Crippen LogP contribution in [0.2, 0.25) is 0 Å². The predicted molar refractivity (Wildman–Crippen MR) is 65.5 cm³/mol. The minimum atomic E-state index is -0.813. The summed E-state index contributed by atoms with van der Waals surface area (Å²) in [5.41, 5.74) is 1.71. The van der Waals surface area contributed by atoms with Gasteiger partial charge in [0.25, 0.3) is 0 Å². The number of hydrogen-bond donors (Lipinski definition) is 1. The van der Waals surface area contributed by atoms with Crippen molar-refractivity contribution in [1.82, 2.24) is 15.2 Å². The minimum Gasteiger partial charge on any atom is -0.481 e. The smallest absolute Gasteiger partial charge is 0.305 e. The third-order valence-corrected chi connectivity index (χ3v) is 3.32. The molecule has 7 nitrogen and oxygen atoms in total. The fraction of sp³-hybridized carbons (Fsp3) is 0.750. The zero-order valence-corrected chi connectivity index (χ0v) is 11.0. The summed E-state index contributed by atoms with van der Waals surface area (Å²) in [4.78, 5) is 12.7. The van der Waals surface area contributed by atoms with Gasteiger partial charge in [0.05, 0.1) is 19.1 Å². The normalized spacial score (nSPS) is 17.7. The molecule has 0 amide bonds. The molecule has 2 heterocycles. The molecule has 2 rings (SSSR count). The van der Waals surface area contributed by atoms with E-state index in [4.69, 9.17) is 9.84 Å². The van der Waals surface area contributed by atoms with Crippen LogP contribution >= 0.6 is 0 Å². The molecular formula is C12H19N3O4. The number of hydrogen-bond acceptors (Lipinski definition) is 6. The van der Waals surface area contributed by atoms with Crippen molar-refractivity contribution in [2.75, 3.05) is 19.7 Å². The molecule has 0 saturated carbocycles. The molecule has 19 heavy (non-hydrogen) atoms.